The van der Waals surface area contributed by atoms with Crippen molar-refractivity contribution in [2.45, 2.75) is 62.8 Å². The fourth-order valence-corrected chi connectivity index (χ4v) is 11.6. The van der Waals surface area contributed by atoms with Gasteiger partial charge in [0, 0.05) is 37.4 Å². The van der Waals surface area contributed by atoms with Gasteiger partial charge in [-0.25, -0.2) is 4.39 Å². The average Bonchev–Trinajstić information content (AvgIpc) is 1.74. The maximum absolute atomic E-state index is 14.7. The van der Waals surface area contributed by atoms with Crippen molar-refractivity contribution in [3.8, 4) is 0 Å². The second-order valence-electron chi connectivity index (χ2n) is 22.7. The maximum Gasteiger partial charge on any atom is 0.310 e. The maximum atomic E-state index is 14.7. The fourth-order valence-electron chi connectivity index (χ4n) is 11.6. The highest BCUT2D eigenvalue weighted by Gasteiger charge is 2.43. The Morgan fingerprint density at radius 1 is 0.495 bits per heavy atom. The summed E-state index contributed by atoms with van der Waals surface area (Å²) < 4.78 is 47.0. The van der Waals surface area contributed by atoms with E-state index in [0.717, 1.165) is 43.8 Å². The van der Waals surface area contributed by atoms with E-state index in [1.54, 1.807) is 60.7 Å². The van der Waals surface area contributed by atoms with E-state index >= 15 is 0 Å². The van der Waals surface area contributed by atoms with E-state index in [4.69, 9.17) is 28.4 Å². The fraction of sp³-hybridized carbons (Fsp3) is 0.257. The van der Waals surface area contributed by atoms with Crippen molar-refractivity contribution < 1.29 is 80.8 Å². The van der Waals surface area contributed by atoms with Crippen LogP contribution in [0, 0.1) is 5.82 Å². The van der Waals surface area contributed by atoms with Crippen LogP contribution < -0.4 is 40.9 Å². The number of halogens is 1. The molecule has 12 rings (SSSR count). The number of pyridine rings is 2. The molecule has 4 aliphatic rings. The molecule has 2 saturated heterocycles. The van der Waals surface area contributed by atoms with Crippen LogP contribution in [0.3, 0.4) is 0 Å². The van der Waals surface area contributed by atoms with Crippen molar-refractivity contribution in [2.24, 2.45) is 0 Å². The van der Waals surface area contributed by atoms with Crippen LogP contribution in [0.4, 0.5) is 27.1 Å². The number of aromatic nitrogens is 2. The molecule has 6 aromatic carbocycles. The van der Waals surface area contributed by atoms with Crippen molar-refractivity contribution in [3.63, 3.8) is 0 Å². The number of carbonyl (C=O) groups excluding carboxylic acids is 10. The summed E-state index contributed by atoms with van der Waals surface area (Å²) in [7, 11) is 2.69. The number of amides is 8. The van der Waals surface area contributed by atoms with Gasteiger partial charge in [-0.3, -0.25) is 67.7 Å². The van der Waals surface area contributed by atoms with E-state index in [2.05, 4.69) is 31.2 Å². The van der Waals surface area contributed by atoms with Crippen LogP contribution in [0.25, 0.3) is 21.5 Å². The third kappa shape index (κ3) is 15.9. The zero-order valence-corrected chi connectivity index (χ0v) is 52.4. The molecule has 8 aromatic rings. The van der Waals surface area contributed by atoms with Crippen LogP contribution in [0.2, 0.25) is 0 Å². The smallest absolute Gasteiger partial charge is 0.310 e. The van der Waals surface area contributed by atoms with E-state index in [1.165, 1.54) is 42.5 Å². The van der Waals surface area contributed by atoms with Gasteiger partial charge in [-0.05, 0) is 64.4 Å². The summed E-state index contributed by atoms with van der Waals surface area (Å²) in [6.07, 6.45) is 0.560. The van der Waals surface area contributed by atoms with Gasteiger partial charge in [-0.15, -0.1) is 0 Å². The van der Waals surface area contributed by atoms with Crippen LogP contribution in [0.15, 0.2) is 176 Å². The normalized spacial score (nSPS) is 18.9. The number of nitrogens with one attached hydrogen (secondary N) is 4. The third-order valence-electron chi connectivity index (χ3n) is 16.1. The van der Waals surface area contributed by atoms with E-state index in [0.29, 0.717) is 16.5 Å². The van der Waals surface area contributed by atoms with Crippen LogP contribution in [-0.4, -0.2) is 160 Å². The Morgan fingerprint density at radius 2 is 0.907 bits per heavy atom. The minimum absolute atomic E-state index is 0.00770. The first kappa shape index (κ1) is 67.0. The number of hydrogen-bond acceptors (Lipinski definition) is 18. The van der Waals surface area contributed by atoms with Crippen LogP contribution in [0.1, 0.15) is 44.9 Å². The van der Waals surface area contributed by atoms with E-state index in [1.807, 2.05) is 84.9 Å². The minimum atomic E-state index is -1.39. The quantitative estimate of drug-likeness (QED) is 0.0744. The summed E-state index contributed by atoms with van der Waals surface area (Å²) in [5.41, 5.74) is 2.50. The molecule has 27 heteroatoms. The molecule has 0 bridgehead atoms. The highest BCUT2D eigenvalue weighted by molar-refractivity contribution is 6.14. The number of hydrogen-bond donors (Lipinski definition) is 4. The molecule has 0 aliphatic carbocycles. The molecule has 97 heavy (non-hydrogen) atoms. The predicted molar refractivity (Wildman–Crippen MR) is 347 cm³/mol. The molecule has 2 unspecified atom stereocenters. The molecule has 2 fully saturated rings. The first-order valence-corrected chi connectivity index (χ1v) is 30.7. The Labute approximate surface area is 553 Å². The monoisotopic (exact) mass is 1320 g/mol. The van der Waals surface area contributed by atoms with Crippen LogP contribution in [0.5, 0.6) is 0 Å². The van der Waals surface area contributed by atoms with E-state index in [9.17, 15) is 52.3 Å². The lowest BCUT2D eigenvalue weighted by Crippen LogP contribution is -2.55. The number of nitrogens with zero attached hydrogens (tertiary/aromatic N) is 6. The number of carbonyl (C=O) groups is 10. The SMILES string of the molecule is COCC(=O)N1C[C@H](NC(=O)c2nccc3ccccc23)C(=O)N(CC(=O)N[C@H]2CC(=O)OC2OCc2ccccc2)c2ccc(F)cc21.COCC(=O)N1C[C@H](NC(=O)c2nccc3ccccc23)C(=O)N(CC(=O)N[C@H]2CC(=O)OC2OCc2ccccc2)c2ccccc21. The first-order valence-electron chi connectivity index (χ1n) is 30.7. The van der Waals surface area contributed by atoms with Gasteiger partial charge in [0.2, 0.25) is 24.4 Å². The number of cyclic esters (lactones) is 2. The summed E-state index contributed by atoms with van der Waals surface area (Å²) in [5.74, 6) is -6.88. The first-order chi connectivity index (χ1) is 47.0. The molecule has 0 spiro atoms. The second kappa shape index (κ2) is 30.8. The van der Waals surface area contributed by atoms with Gasteiger partial charge in [-0.2, -0.15) is 0 Å². The Morgan fingerprint density at radius 3 is 1.37 bits per heavy atom. The standard InChI is InChI=1S/C35H32FN5O8.C35H33N5O8/c1-47-20-30(43)40-17-26(39-33(45)32-24-10-6-5-9-22(24)13-14-37-32)34(46)41(27-12-11-23(36)15-28(27)40)18-29(42)38-25-16-31(44)49-35(25)48-19-21-7-3-2-4-8-21;1-46-21-30(42)39-18-26(38-33(44)32-24-12-6-5-11-23(24)15-16-36-32)34(45)40(28-14-8-7-13-27(28)39)19-29(41)37-25-17-31(43)48-35(25)47-20-22-9-3-2-4-10-22/h2-15,25-26,35H,16-20H2,1H3,(H,38,42)(H,39,45);2-16,25-26,35H,17-21H2,1H3,(H,37,41)(H,38,44)/t2*25-,26-,35?/m00/s1. The molecule has 0 radical (unpaired) electrons. The van der Waals surface area contributed by atoms with E-state index in [-0.39, 0.29) is 67.7 Å². The lowest BCUT2D eigenvalue weighted by Gasteiger charge is -2.26. The Bertz CT molecular complexity index is 4290. The van der Waals surface area contributed by atoms with Gasteiger partial charge < -0.3 is 59.5 Å². The molecule has 2 aromatic heterocycles. The van der Waals surface area contributed by atoms with Gasteiger partial charge in [0.15, 0.2) is 0 Å². The summed E-state index contributed by atoms with van der Waals surface area (Å²) in [4.78, 5) is 147. The Balaban J connectivity index is 0.000000197. The zero-order chi connectivity index (χ0) is 68.1. The van der Waals surface area contributed by atoms with Crippen LogP contribution >= 0.6 is 0 Å². The predicted octanol–water partition coefficient (Wildman–Crippen LogP) is 4.81. The van der Waals surface area contributed by atoms with Gasteiger partial charge >= 0.3 is 11.9 Å². The van der Waals surface area contributed by atoms with Crippen LogP contribution in [-0.2, 0) is 80.0 Å². The molecular formula is C70H65FN10O16. The summed E-state index contributed by atoms with van der Waals surface area (Å²) >= 11 is 0. The summed E-state index contributed by atoms with van der Waals surface area (Å²) in [5, 5.41) is 13.6. The van der Waals surface area contributed by atoms with Crippen molar-refractivity contribution in [1.29, 1.82) is 0 Å². The number of methoxy groups -OCH3 is 2. The zero-order valence-electron chi connectivity index (χ0n) is 52.4. The number of esters is 2. The molecule has 6 heterocycles. The van der Waals surface area contributed by atoms with Crippen molar-refractivity contribution in [1.82, 2.24) is 31.2 Å². The van der Waals surface area contributed by atoms with Gasteiger partial charge in [0.25, 0.3) is 35.4 Å². The van der Waals surface area contributed by atoms with Crippen molar-refractivity contribution in [3.05, 3.63) is 205 Å². The Hall–Kier alpha value is -11.4. The number of benzene rings is 6. The molecule has 6 atom stereocenters. The molecule has 498 valence electrons. The number of rotatable bonds is 20. The lowest BCUT2D eigenvalue weighted by atomic mass is 10.1. The summed E-state index contributed by atoms with van der Waals surface area (Å²) in [6, 6.07) is 42.0. The highest BCUT2D eigenvalue weighted by atomic mass is 19.1. The average molecular weight is 1320 g/mol. The molecule has 0 saturated carbocycles. The second-order valence-corrected chi connectivity index (χ2v) is 22.7. The molecule has 8 amide bonds. The molecule has 26 nitrogen and oxygen atoms in total. The number of fused-ring (bicyclic) bond motifs is 4. The lowest BCUT2D eigenvalue weighted by molar-refractivity contribution is -0.168. The molecular weight excluding hydrogens is 1260 g/mol. The van der Waals surface area contributed by atoms with Crippen molar-refractivity contribution in [2.75, 3.05) is 73.2 Å². The molecule has 4 N–H and O–H groups in total. The highest BCUT2D eigenvalue weighted by Crippen LogP contribution is 2.36. The Kier molecular flexibility index (Phi) is 21.3. The topological polar surface area (TPSA) is 313 Å². The van der Waals surface area contributed by atoms with Crippen molar-refractivity contribution >= 4 is 103 Å². The number of anilines is 4. The van der Waals surface area contributed by atoms with Gasteiger partial charge in [0.1, 0.15) is 67.7 Å². The third-order valence-corrected chi connectivity index (χ3v) is 16.1. The number of para-hydroxylation sites is 2. The molecule has 4 aliphatic heterocycles. The van der Waals surface area contributed by atoms with Gasteiger partial charge in [0.05, 0.1) is 61.9 Å². The summed E-state index contributed by atoms with van der Waals surface area (Å²) in [6.45, 7) is -2.14. The largest absolute Gasteiger partial charge is 0.433 e. The minimum Gasteiger partial charge on any atom is -0.433 e. The van der Waals surface area contributed by atoms with Gasteiger partial charge in [-0.1, -0.05) is 121 Å². The van der Waals surface area contributed by atoms with E-state index < -0.39 is 128 Å². The number of ether oxygens (including phenoxy) is 6.